The van der Waals surface area contributed by atoms with Gasteiger partial charge in [0.2, 0.25) is 0 Å². The highest BCUT2D eigenvalue weighted by Gasteiger charge is 2.06. The summed E-state index contributed by atoms with van der Waals surface area (Å²) in [4.78, 5) is 4.20. The lowest BCUT2D eigenvalue weighted by molar-refractivity contribution is 0.419. The molecule has 2 heterocycles. The second-order valence-electron chi connectivity index (χ2n) is 2.91. The Morgan fingerprint density at radius 1 is 1.54 bits per heavy atom. The van der Waals surface area contributed by atoms with Gasteiger partial charge in [-0.2, -0.15) is 0 Å². The first kappa shape index (κ1) is 7.91. The van der Waals surface area contributed by atoms with Crippen LogP contribution in [0.15, 0.2) is 18.3 Å². The zero-order valence-corrected chi connectivity index (χ0v) is 7.61. The molecule has 0 aliphatic carbocycles. The lowest BCUT2D eigenvalue weighted by atomic mass is 10.3. The quantitative estimate of drug-likeness (QED) is 0.711. The number of nitrogen functional groups attached to an aromatic ring is 1. The standard InChI is InChI=1S/C9H11N3O/c1-12-4-3-6-7(13-2)5-8(10)11-9(6)12/h3-5H,1-2H3,(H2,10,11). The molecule has 0 unspecified atom stereocenters. The maximum atomic E-state index is 5.62. The Morgan fingerprint density at radius 2 is 2.31 bits per heavy atom. The Morgan fingerprint density at radius 3 is 3.00 bits per heavy atom. The number of aryl methyl sites for hydroxylation is 1. The maximum absolute atomic E-state index is 5.62. The van der Waals surface area contributed by atoms with E-state index in [0.29, 0.717) is 5.82 Å². The summed E-state index contributed by atoms with van der Waals surface area (Å²) in [5, 5.41) is 0.985. The van der Waals surface area contributed by atoms with Crippen molar-refractivity contribution in [2.45, 2.75) is 0 Å². The van der Waals surface area contributed by atoms with Crippen molar-refractivity contribution >= 4 is 16.9 Å². The third-order valence-electron chi connectivity index (χ3n) is 2.04. The third-order valence-corrected chi connectivity index (χ3v) is 2.04. The van der Waals surface area contributed by atoms with E-state index in [9.17, 15) is 0 Å². The molecule has 0 amide bonds. The van der Waals surface area contributed by atoms with Crippen molar-refractivity contribution in [3.05, 3.63) is 18.3 Å². The van der Waals surface area contributed by atoms with Crippen LogP contribution in [0.5, 0.6) is 5.75 Å². The average Bonchev–Trinajstić information content (AvgIpc) is 2.47. The number of fused-ring (bicyclic) bond motifs is 1. The van der Waals surface area contributed by atoms with Crippen molar-refractivity contribution < 1.29 is 4.74 Å². The molecule has 68 valence electrons. The molecule has 4 heteroatoms. The Labute approximate surface area is 75.9 Å². The number of aromatic nitrogens is 2. The molecule has 0 aliphatic rings. The van der Waals surface area contributed by atoms with Gasteiger partial charge in [-0.25, -0.2) is 4.98 Å². The molecule has 0 spiro atoms. The van der Waals surface area contributed by atoms with Gasteiger partial charge < -0.3 is 15.0 Å². The number of nitrogens with two attached hydrogens (primary N) is 1. The topological polar surface area (TPSA) is 53.1 Å². The van der Waals surface area contributed by atoms with Gasteiger partial charge in [-0.3, -0.25) is 0 Å². The van der Waals surface area contributed by atoms with Gasteiger partial charge in [0, 0.05) is 19.3 Å². The molecule has 2 N–H and O–H groups in total. The second kappa shape index (κ2) is 2.65. The molecule has 0 radical (unpaired) electrons. The number of pyridine rings is 1. The van der Waals surface area contributed by atoms with Crippen molar-refractivity contribution in [1.82, 2.24) is 9.55 Å². The van der Waals surface area contributed by atoms with Crippen LogP contribution in [-0.4, -0.2) is 16.7 Å². The predicted molar refractivity (Wildman–Crippen MR) is 51.7 cm³/mol. The Balaban J connectivity index is 2.84. The van der Waals surface area contributed by atoms with E-state index >= 15 is 0 Å². The molecular formula is C9H11N3O. The molecule has 2 rings (SSSR count). The minimum Gasteiger partial charge on any atom is -0.496 e. The number of rotatable bonds is 1. The Kier molecular flexibility index (Phi) is 1.62. The van der Waals surface area contributed by atoms with Crippen LogP contribution in [0.2, 0.25) is 0 Å². The molecular weight excluding hydrogens is 166 g/mol. The van der Waals surface area contributed by atoms with Gasteiger partial charge in [0.05, 0.1) is 12.5 Å². The van der Waals surface area contributed by atoms with E-state index in [1.807, 2.05) is 23.9 Å². The number of methoxy groups -OCH3 is 1. The number of ether oxygens (including phenoxy) is 1. The Hall–Kier alpha value is -1.71. The Bertz CT molecular complexity index is 447. The van der Waals surface area contributed by atoms with Crippen LogP contribution in [0, 0.1) is 0 Å². The summed E-state index contributed by atoms with van der Waals surface area (Å²) in [6, 6.07) is 3.68. The lowest BCUT2D eigenvalue weighted by Gasteiger charge is -2.03. The van der Waals surface area contributed by atoms with Gasteiger partial charge in [-0.15, -0.1) is 0 Å². The number of nitrogens with zero attached hydrogens (tertiary/aromatic N) is 2. The van der Waals surface area contributed by atoms with Crippen LogP contribution in [0.3, 0.4) is 0 Å². The van der Waals surface area contributed by atoms with Gasteiger partial charge in [0.1, 0.15) is 17.2 Å². The normalized spacial score (nSPS) is 10.6. The number of hydrogen-bond donors (Lipinski definition) is 1. The highest BCUT2D eigenvalue weighted by atomic mass is 16.5. The molecule has 0 atom stereocenters. The average molecular weight is 177 g/mol. The molecule has 0 saturated carbocycles. The molecule has 0 aromatic carbocycles. The summed E-state index contributed by atoms with van der Waals surface area (Å²) in [7, 11) is 3.55. The van der Waals surface area contributed by atoms with Crippen LogP contribution < -0.4 is 10.5 Å². The van der Waals surface area contributed by atoms with Crippen LogP contribution in [-0.2, 0) is 7.05 Å². The first-order chi connectivity index (χ1) is 6.22. The van der Waals surface area contributed by atoms with Crippen molar-refractivity contribution in [2.24, 2.45) is 7.05 Å². The second-order valence-corrected chi connectivity index (χ2v) is 2.91. The first-order valence-corrected chi connectivity index (χ1v) is 3.98. The van der Waals surface area contributed by atoms with Crippen molar-refractivity contribution in [3.8, 4) is 5.75 Å². The molecule has 4 nitrogen and oxygen atoms in total. The highest BCUT2D eigenvalue weighted by molar-refractivity contribution is 5.84. The fourth-order valence-corrected chi connectivity index (χ4v) is 1.39. The largest absolute Gasteiger partial charge is 0.496 e. The van der Waals surface area contributed by atoms with Crippen molar-refractivity contribution in [1.29, 1.82) is 0 Å². The fourth-order valence-electron chi connectivity index (χ4n) is 1.39. The van der Waals surface area contributed by atoms with E-state index in [1.54, 1.807) is 13.2 Å². The van der Waals surface area contributed by atoms with E-state index in [-0.39, 0.29) is 0 Å². The van der Waals surface area contributed by atoms with Crippen LogP contribution in [0.1, 0.15) is 0 Å². The summed E-state index contributed by atoms with van der Waals surface area (Å²) in [5.74, 6) is 1.24. The van der Waals surface area contributed by atoms with E-state index in [2.05, 4.69) is 4.98 Å². The zero-order valence-electron chi connectivity index (χ0n) is 7.61. The molecule has 0 fully saturated rings. The monoisotopic (exact) mass is 177 g/mol. The fraction of sp³-hybridized carbons (Fsp3) is 0.222. The third kappa shape index (κ3) is 1.11. The van der Waals surface area contributed by atoms with Gasteiger partial charge in [-0.05, 0) is 6.07 Å². The summed E-state index contributed by atoms with van der Waals surface area (Å²) in [6.45, 7) is 0. The van der Waals surface area contributed by atoms with Gasteiger partial charge in [0.15, 0.2) is 0 Å². The zero-order chi connectivity index (χ0) is 9.42. The maximum Gasteiger partial charge on any atom is 0.145 e. The molecule has 13 heavy (non-hydrogen) atoms. The molecule has 0 bridgehead atoms. The van der Waals surface area contributed by atoms with Gasteiger partial charge in [-0.1, -0.05) is 0 Å². The molecule has 0 aliphatic heterocycles. The molecule has 0 saturated heterocycles. The summed E-state index contributed by atoms with van der Waals surface area (Å²) >= 11 is 0. The van der Waals surface area contributed by atoms with Crippen LogP contribution >= 0.6 is 0 Å². The summed E-state index contributed by atoms with van der Waals surface area (Å²) in [6.07, 6.45) is 1.93. The van der Waals surface area contributed by atoms with Crippen molar-refractivity contribution in [3.63, 3.8) is 0 Å². The number of anilines is 1. The predicted octanol–water partition coefficient (Wildman–Crippen LogP) is 1.16. The van der Waals surface area contributed by atoms with E-state index < -0.39 is 0 Å². The lowest BCUT2D eigenvalue weighted by Crippen LogP contribution is -1.95. The van der Waals surface area contributed by atoms with Crippen LogP contribution in [0.4, 0.5) is 5.82 Å². The minimum absolute atomic E-state index is 0.478. The van der Waals surface area contributed by atoms with Crippen LogP contribution in [0.25, 0.3) is 11.0 Å². The van der Waals surface area contributed by atoms with E-state index in [4.69, 9.17) is 10.5 Å². The first-order valence-electron chi connectivity index (χ1n) is 3.98. The van der Waals surface area contributed by atoms with Crippen molar-refractivity contribution in [2.75, 3.05) is 12.8 Å². The molecule has 2 aromatic rings. The summed E-state index contributed by atoms with van der Waals surface area (Å²) in [5.41, 5.74) is 6.47. The molecule has 2 aromatic heterocycles. The van der Waals surface area contributed by atoms with E-state index in [0.717, 1.165) is 16.8 Å². The van der Waals surface area contributed by atoms with Gasteiger partial charge in [0.25, 0.3) is 0 Å². The minimum atomic E-state index is 0.478. The van der Waals surface area contributed by atoms with E-state index in [1.165, 1.54) is 0 Å². The van der Waals surface area contributed by atoms with Gasteiger partial charge >= 0.3 is 0 Å². The highest BCUT2D eigenvalue weighted by Crippen LogP contribution is 2.26. The SMILES string of the molecule is COc1cc(N)nc2c1ccn2C. The summed E-state index contributed by atoms with van der Waals surface area (Å²) < 4.78 is 7.10. The number of hydrogen-bond acceptors (Lipinski definition) is 3. The smallest absolute Gasteiger partial charge is 0.145 e.